The molecule has 0 amide bonds. The first-order chi connectivity index (χ1) is 12.4. The zero-order valence-electron chi connectivity index (χ0n) is 15.4. The fourth-order valence-electron chi connectivity index (χ4n) is 2.14. The van der Waals surface area contributed by atoms with Crippen molar-refractivity contribution in [3.05, 3.63) is 70.2 Å². The first-order valence-electron chi connectivity index (χ1n) is 8.31. The van der Waals surface area contributed by atoms with E-state index in [1.807, 2.05) is 48.8 Å². The summed E-state index contributed by atoms with van der Waals surface area (Å²) in [4.78, 5) is 9.13. The van der Waals surface area contributed by atoms with Gasteiger partial charge in [-0.15, -0.1) is 0 Å². The molecule has 0 aliphatic rings. The van der Waals surface area contributed by atoms with Gasteiger partial charge in [-0.25, -0.2) is 0 Å². The summed E-state index contributed by atoms with van der Waals surface area (Å²) < 4.78 is 0. The second-order valence-corrected chi connectivity index (χ2v) is 11.6. The minimum atomic E-state index is -0.931. The van der Waals surface area contributed by atoms with Gasteiger partial charge in [0.05, 0.1) is 0 Å². The summed E-state index contributed by atoms with van der Waals surface area (Å²) in [5, 5.41) is 0.728. The number of hydrogen-bond acceptors (Lipinski definition) is 2. The zero-order valence-corrected chi connectivity index (χ0v) is 20.7. The van der Waals surface area contributed by atoms with E-state index in [1.165, 1.54) is 11.1 Å². The molecule has 26 heavy (non-hydrogen) atoms. The van der Waals surface area contributed by atoms with Gasteiger partial charge in [0.25, 0.3) is 0 Å². The van der Waals surface area contributed by atoms with Crippen LogP contribution in [0.5, 0.6) is 0 Å². The fraction of sp³-hybridized carbons (Fsp3) is 0.300. The number of hydrogen-bond donors (Lipinski definition) is 0. The molecular formula is C20H23Cl3N2Zn. The first kappa shape index (κ1) is 23.3. The number of nitrogens with zero attached hydrogens (tertiary/aromatic N) is 2. The molecule has 136 valence electrons. The van der Waals surface area contributed by atoms with Crippen LogP contribution in [0.3, 0.4) is 0 Å². The van der Waals surface area contributed by atoms with Crippen molar-refractivity contribution in [2.24, 2.45) is 15.4 Å². The maximum atomic E-state index is 6.13. The fourth-order valence-corrected chi connectivity index (χ4v) is 2.33. The Balaban J connectivity index is 0.00000105. The Morgan fingerprint density at radius 3 is 1.88 bits per heavy atom. The Morgan fingerprint density at radius 2 is 1.35 bits per heavy atom. The maximum absolute atomic E-state index is 6.13. The normalized spacial score (nSPS) is 11.3. The van der Waals surface area contributed by atoms with Gasteiger partial charge in [-0.2, -0.15) is 0 Å². The Labute approximate surface area is 177 Å². The molecule has 2 aromatic rings. The molecule has 0 atom stereocenters. The van der Waals surface area contributed by atoms with E-state index in [4.69, 9.17) is 31.0 Å². The Hall–Kier alpha value is -0.727. The van der Waals surface area contributed by atoms with Crippen LogP contribution < -0.4 is 0 Å². The molecule has 0 radical (unpaired) electrons. The molecule has 0 bridgehead atoms. The van der Waals surface area contributed by atoms with E-state index in [0.717, 1.165) is 17.1 Å². The molecule has 0 aliphatic heterocycles. The molecule has 2 nitrogen and oxygen atoms in total. The minimum absolute atomic E-state index is 0.0109. The standard InChI is InChI=1S/C20H23ClN2.2ClH.Zn/c1-16-8-4-5-9-17(16)12-22-14-20(2,3)15-23-13-18-10-6-7-11-19(18)21;;;/h4-13H,14-15H2,1-3H3;2*1H;/q;;;+2/p-2. The third kappa shape index (κ3) is 9.28. The molecule has 2 rings (SSSR count). The van der Waals surface area contributed by atoms with Gasteiger partial charge in [0.2, 0.25) is 0 Å². The summed E-state index contributed by atoms with van der Waals surface area (Å²) in [7, 11) is 9.90. The molecule has 0 spiro atoms. The number of halogens is 3. The molecule has 2 aromatic carbocycles. The molecular weight excluding hydrogens is 440 g/mol. The predicted octanol–water partition coefficient (Wildman–Crippen LogP) is 6.59. The van der Waals surface area contributed by atoms with Crippen molar-refractivity contribution in [2.45, 2.75) is 20.8 Å². The van der Waals surface area contributed by atoms with Crippen LogP contribution in [0.25, 0.3) is 0 Å². The zero-order chi connectivity index (χ0) is 19.4. The molecule has 0 unspecified atom stereocenters. The number of benzene rings is 2. The first-order valence-corrected chi connectivity index (χ1v) is 16.5. The molecule has 0 N–H and O–H groups in total. The van der Waals surface area contributed by atoms with Crippen LogP contribution in [0.1, 0.15) is 30.5 Å². The van der Waals surface area contributed by atoms with Crippen molar-refractivity contribution in [1.29, 1.82) is 0 Å². The van der Waals surface area contributed by atoms with Crippen LogP contribution in [0.4, 0.5) is 0 Å². The van der Waals surface area contributed by atoms with E-state index in [0.29, 0.717) is 6.54 Å². The van der Waals surface area contributed by atoms with Crippen molar-refractivity contribution in [1.82, 2.24) is 0 Å². The summed E-state index contributed by atoms with van der Waals surface area (Å²) in [6, 6.07) is 16.0. The van der Waals surface area contributed by atoms with Gasteiger partial charge in [0.15, 0.2) is 0 Å². The van der Waals surface area contributed by atoms with Crippen LogP contribution in [0, 0.1) is 12.3 Å². The van der Waals surface area contributed by atoms with Crippen molar-refractivity contribution < 1.29 is 15.1 Å². The van der Waals surface area contributed by atoms with Crippen LogP contribution in [-0.4, -0.2) is 25.5 Å². The van der Waals surface area contributed by atoms with Crippen LogP contribution in [-0.2, 0) is 15.1 Å². The van der Waals surface area contributed by atoms with Gasteiger partial charge >= 0.3 is 34.5 Å². The summed E-state index contributed by atoms with van der Waals surface area (Å²) in [6.07, 6.45) is 3.80. The topological polar surface area (TPSA) is 24.7 Å². The van der Waals surface area contributed by atoms with Gasteiger partial charge < -0.3 is 0 Å². The Bertz CT molecular complexity index is 671. The van der Waals surface area contributed by atoms with Crippen LogP contribution in [0.15, 0.2) is 58.5 Å². The van der Waals surface area contributed by atoms with E-state index < -0.39 is 15.1 Å². The monoisotopic (exact) mass is 460 g/mol. The van der Waals surface area contributed by atoms with Crippen LogP contribution in [0.2, 0.25) is 5.02 Å². The summed E-state index contributed by atoms with van der Waals surface area (Å²) in [5.41, 5.74) is 3.37. The van der Waals surface area contributed by atoms with Crippen molar-refractivity contribution in [3.8, 4) is 0 Å². The third-order valence-corrected chi connectivity index (χ3v) is 3.94. The van der Waals surface area contributed by atoms with E-state index in [2.05, 4.69) is 42.9 Å². The third-order valence-electron chi connectivity index (χ3n) is 3.59. The van der Waals surface area contributed by atoms with Crippen LogP contribution >= 0.6 is 31.0 Å². The van der Waals surface area contributed by atoms with Gasteiger partial charge in [0, 0.05) is 41.5 Å². The molecule has 0 aliphatic carbocycles. The van der Waals surface area contributed by atoms with E-state index in [9.17, 15) is 0 Å². The van der Waals surface area contributed by atoms with E-state index in [1.54, 1.807) is 0 Å². The number of aryl methyl sites for hydroxylation is 1. The van der Waals surface area contributed by atoms with Gasteiger partial charge in [0.1, 0.15) is 0 Å². The Kier molecular flexibility index (Phi) is 11.3. The summed E-state index contributed by atoms with van der Waals surface area (Å²) >= 11 is 5.20. The van der Waals surface area contributed by atoms with Crippen molar-refractivity contribution in [2.75, 3.05) is 13.1 Å². The molecule has 0 aromatic heterocycles. The SMILES string of the molecule is Cc1ccccc1C=NCC(C)(C)CN=Cc1ccccc1Cl.[Cl][Zn][Cl]. The average Bonchev–Trinajstić information content (AvgIpc) is 2.59. The Morgan fingerprint density at radius 1 is 0.885 bits per heavy atom. The average molecular weight is 463 g/mol. The van der Waals surface area contributed by atoms with Gasteiger partial charge in [-0.1, -0.05) is 67.9 Å². The number of aliphatic imine (C=N–C) groups is 2. The van der Waals surface area contributed by atoms with Crippen molar-refractivity contribution in [3.63, 3.8) is 0 Å². The number of rotatable bonds is 6. The molecule has 0 heterocycles. The van der Waals surface area contributed by atoms with Gasteiger partial charge in [-0.3, -0.25) is 9.98 Å². The quantitative estimate of drug-likeness (QED) is 0.341. The van der Waals surface area contributed by atoms with E-state index >= 15 is 0 Å². The van der Waals surface area contributed by atoms with Gasteiger partial charge in [-0.05, 0) is 24.1 Å². The molecule has 6 heteroatoms. The predicted molar refractivity (Wildman–Crippen MR) is 113 cm³/mol. The summed E-state index contributed by atoms with van der Waals surface area (Å²) in [5.74, 6) is 0. The summed E-state index contributed by atoms with van der Waals surface area (Å²) in [6.45, 7) is 7.89. The molecule has 0 saturated heterocycles. The van der Waals surface area contributed by atoms with Crippen molar-refractivity contribution >= 4 is 43.4 Å². The van der Waals surface area contributed by atoms with E-state index in [-0.39, 0.29) is 5.41 Å². The molecule has 0 saturated carbocycles. The second kappa shape index (κ2) is 12.6. The molecule has 0 fully saturated rings. The second-order valence-electron chi connectivity index (χ2n) is 6.58.